The molecule has 0 aliphatic rings. The van der Waals surface area contributed by atoms with Crippen LogP contribution in [0.25, 0.3) is 87.5 Å². The van der Waals surface area contributed by atoms with Crippen molar-refractivity contribution in [2.75, 3.05) is 0 Å². The monoisotopic (exact) mass is 510 g/mol. The Labute approximate surface area is 229 Å². The van der Waals surface area contributed by atoms with Gasteiger partial charge in [-0.05, 0) is 91.0 Å². The molecular formula is C38H22O2. The minimum absolute atomic E-state index is 0.843. The molecule has 2 nitrogen and oxygen atoms in total. The molecule has 2 heterocycles. The van der Waals surface area contributed by atoms with Crippen LogP contribution in [0.15, 0.2) is 142 Å². The summed E-state index contributed by atoms with van der Waals surface area (Å²) < 4.78 is 12.2. The molecule has 0 amide bonds. The molecule has 9 rings (SSSR count). The molecule has 0 N–H and O–H groups in total. The summed E-state index contributed by atoms with van der Waals surface area (Å²) in [5.41, 5.74) is 7.44. The highest BCUT2D eigenvalue weighted by Gasteiger charge is 2.19. The Bertz CT molecular complexity index is 2380. The first-order chi connectivity index (χ1) is 19.8. The molecule has 0 radical (unpaired) electrons. The predicted molar refractivity (Wildman–Crippen MR) is 167 cm³/mol. The summed E-state index contributed by atoms with van der Waals surface area (Å²) in [6, 6.07) is 45.6. The molecular weight excluding hydrogens is 488 g/mol. The van der Waals surface area contributed by atoms with Crippen molar-refractivity contribution in [3.8, 4) is 22.3 Å². The molecule has 186 valence electrons. The van der Waals surface area contributed by atoms with Gasteiger partial charge in [0.15, 0.2) is 0 Å². The van der Waals surface area contributed by atoms with Crippen molar-refractivity contribution in [1.29, 1.82) is 0 Å². The quantitative estimate of drug-likeness (QED) is 0.216. The van der Waals surface area contributed by atoms with Crippen molar-refractivity contribution in [2.24, 2.45) is 0 Å². The summed E-state index contributed by atoms with van der Waals surface area (Å²) in [5, 5.41) is 10.6. The third-order valence-corrected chi connectivity index (χ3v) is 8.31. The van der Waals surface area contributed by atoms with Gasteiger partial charge in [-0.2, -0.15) is 0 Å². The summed E-state index contributed by atoms with van der Waals surface area (Å²) in [6.07, 6.45) is 1.74. The normalized spacial score (nSPS) is 12.0. The fraction of sp³-hybridized carbons (Fsp3) is 0. The lowest BCUT2D eigenvalue weighted by Gasteiger charge is -2.18. The predicted octanol–water partition coefficient (Wildman–Crippen LogP) is 11.1. The minimum Gasteiger partial charge on any atom is -0.464 e. The second-order valence-corrected chi connectivity index (χ2v) is 10.5. The van der Waals surface area contributed by atoms with Crippen LogP contribution >= 0.6 is 0 Å². The lowest BCUT2D eigenvalue weighted by atomic mass is 9.85. The van der Waals surface area contributed by atoms with E-state index in [-0.39, 0.29) is 0 Å². The van der Waals surface area contributed by atoms with Crippen LogP contribution in [0.2, 0.25) is 0 Å². The van der Waals surface area contributed by atoms with Crippen molar-refractivity contribution in [3.05, 3.63) is 134 Å². The van der Waals surface area contributed by atoms with E-state index in [0.717, 1.165) is 38.5 Å². The Hall–Kier alpha value is -5.34. The smallest absolute Gasteiger partial charge is 0.145 e. The number of fused-ring (bicyclic) bond motifs is 8. The van der Waals surface area contributed by atoms with Crippen molar-refractivity contribution >= 4 is 65.2 Å². The molecule has 0 fully saturated rings. The maximum Gasteiger partial charge on any atom is 0.145 e. The first kappa shape index (κ1) is 21.6. The Morgan fingerprint density at radius 2 is 1.00 bits per heavy atom. The summed E-state index contributed by atoms with van der Waals surface area (Å²) in [6.45, 7) is 0. The van der Waals surface area contributed by atoms with Crippen LogP contribution in [0.3, 0.4) is 0 Å². The average molecular weight is 511 g/mol. The van der Waals surface area contributed by atoms with Crippen molar-refractivity contribution < 1.29 is 8.83 Å². The molecule has 0 saturated heterocycles. The number of furan rings is 2. The zero-order valence-electron chi connectivity index (χ0n) is 21.5. The summed E-state index contributed by atoms with van der Waals surface area (Å²) >= 11 is 0. The molecule has 0 atom stereocenters. The van der Waals surface area contributed by atoms with Crippen LogP contribution < -0.4 is 0 Å². The summed E-state index contributed by atoms with van der Waals surface area (Å²) in [4.78, 5) is 0. The molecule has 0 unspecified atom stereocenters. The van der Waals surface area contributed by atoms with Gasteiger partial charge in [0, 0.05) is 10.8 Å². The lowest BCUT2D eigenvalue weighted by Crippen LogP contribution is -1.91. The zero-order chi connectivity index (χ0) is 26.2. The summed E-state index contributed by atoms with van der Waals surface area (Å²) in [5.74, 6) is 0. The van der Waals surface area contributed by atoms with E-state index in [4.69, 9.17) is 8.83 Å². The summed E-state index contributed by atoms with van der Waals surface area (Å²) in [7, 11) is 0. The van der Waals surface area contributed by atoms with Gasteiger partial charge < -0.3 is 8.83 Å². The maximum atomic E-state index is 6.39. The van der Waals surface area contributed by atoms with Gasteiger partial charge in [0.05, 0.1) is 11.6 Å². The molecule has 0 saturated carbocycles. The van der Waals surface area contributed by atoms with E-state index >= 15 is 0 Å². The molecule has 7 aromatic carbocycles. The topological polar surface area (TPSA) is 26.3 Å². The van der Waals surface area contributed by atoms with Gasteiger partial charge in [0.25, 0.3) is 0 Å². The number of hydrogen-bond acceptors (Lipinski definition) is 2. The van der Waals surface area contributed by atoms with Crippen LogP contribution in [0, 0.1) is 0 Å². The fourth-order valence-electron chi connectivity index (χ4n) is 6.54. The minimum atomic E-state index is 0.843. The first-order valence-corrected chi connectivity index (χ1v) is 13.6. The zero-order valence-corrected chi connectivity index (χ0v) is 21.5. The maximum absolute atomic E-state index is 6.39. The van der Waals surface area contributed by atoms with Gasteiger partial charge in [-0.15, -0.1) is 0 Å². The number of benzene rings is 7. The van der Waals surface area contributed by atoms with Crippen LogP contribution in [0.5, 0.6) is 0 Å². The average Bonchev–Trinajstić information content (AvgIpc) is 3.63. The first-order valence-electron chi connectivity index (χ1n) is 13.6. The second-order valence-electron chi connectivity index (χ2n) is 10.5. The van der Waals surface area contributed by atoms with Gasteiger partial charge >= 0.3 is 0 Å². The standard InChI is InChI=1S/C38H22O2/c1-2-8-25-21-26(14-13-23(25)7-1)35-28-9-3-5-11-30(28)36(31-12-6-4-10-29(31)35)27-15-17-32-34(22-27)40-33-18-16-24-19-20-39-38(24)37(32)33/h1-22H. The SMILES string of the molecule is c1ccc2cc(-c3c4ccccc4c(-c4ccc5c(c4)oc4ccc6ccoc6c45)c4ccccc34)ccc2c1. The van der Waals surface area contributed by atoms with Crippen molar-refractivity contribution in [2.45, 2.75) is 0 Å². The highest BCUT2D eigenvalue weighted by atomic mass is 16.3. The highest BCUT2D eigenvalue weighted by molar-refractivity contribution is 6.23. The third-order valence-electron chi connectivity index (χ3n) is 8.31. The van der Waals surface area contributed by atoms with Crippen LogP contribution in [-0.2, 0) is 0 Å². The lowest BCUT2D eigenvalue weighted by molar-refractivity contribution is 0.618. The molecule has 0 aliphatic carbocycles. The van der Waals surface area contributed by atoms with E-state index in [9.17, 15) is 0 Å². The van der Waals surface area contributed by atoms with Gasteiger partial charge in [-0.25, -0.2) is 0 Å². The van der Waals surface area contributed by atoms with Gasteiger partial charge in [-0.1, -0.05) is 91.0 Å². The molecule has 2 aromatic heterocycles. The van der Waals surface area contributed by atoms with Gasteiger partial charge in [-0.3, -0.25) is 0 Å². The Morgan fingerprint density at radius 3 is 1.73 bits per heavy atom. The molecule has 0 spiro atoms. The second kappa shape index (κ2) is 8.08. The Balaban J connectivity index is 1.36. The number of rotatable bonds is 2. The molecule has 2 heteroatoms. The van der Waals surface area contributed by atoms with Crippen LogP contribution in [0.1, 0.15) is 0 Å². The van der Waals surface area contributed by atoms with E-state index < -0.39 is 0 Å². The Morgan fingerprint density at radius 1 is 0.400 bits per heavy atom. The fourth-order valence-corrected chi connectivity index (χ4v) is 6.54. The number of hydrogen-bond donors (Lipinski definition) is 0. The third kappa shape index (κ3) is 2.99. The Kier molecular flexibility index (Phi) is 4.36. The van der Waals surface area contributed by atoms with E-state index in [0.29, 0.717) is 0 Å². The van der Waals surface area contributed by atoms with Crippen molar-refractivity contribution in [3.63, 3.8) is 0 Å². The van der Waals surface area contributed by atoms with E-state index in [1.807, 2.05) is 12.1 Å². The highest BCUT2D eigenvalue weighted by Crippen LogP contribution is 2.45. The van der Waals surface area contributed by atoms with Crippen LogP contribution in [-0.4, -0.2) is 0 Å². The van der Waals surface area contributed by atoms with Gasteiger partial charge in [0.1, 0.15) is 16.7 Å². The largest absolute Gasteiger partial charge is 0.464 e. The molecule has 0 bridgehead atoms. The molecule has 40 heavy (non-hydrogen) atoms. The molecule has 9 aromatic rings. The van der Waals surface area contributed by atoms with Crippen LogP contribution in [0.4, 0.5) is 0 Å². The van der Waals surface area contributed by atoms with E-state index in [1.165, 1.54) is 49.0 Å². The molecule has 0 aliphatic heterocycles. The van der Waals surface area contributed by atoms with E-state index in [2.05, 4.69) is 115 Å². The van der Waals surface area contributed by atoms with Gasteiger partial charge in [0.2, 0.25) is 0 Å². The van der Waals surface area contributed by atoms with E-state index in [1.54, 1.807) is 6.26 Å². The van der Waals surface area contributed by atoms with Crippen molar-refractivity contribution in [1.82, 2.24) is 0 Å².